The predicted octanol–water partition coefficient (Wildman–Crippen LogP) is 0.598. The van der Waals surface area contributed by atoms with Crippen LogP contribution in [0.1, 0.15) is 5.56 Å². The summed E-state index contributed by atoms with van der Waals surface area (Å²) < 4.78 is 10.1. The van der Waals surface area contributed by atoms with Gasteiger partial charge in [-0.3, -0.25) is 0 Å². The van der Waals surface area contributed by atoms with Gasteiger partial charge in [-0.2, -0.15) is 4.98 Å². The van der Waals surface area contributed by atoms with Gasteiger partial charge in [-0.25, -0.2) is 4.98 Å². The maximum absolute atomic E-state index is 5.17. The molecular formula is C10H17N3O2. The topological polar surface area (TPSA) is 47.5 Å². The van der Waals surface area contributed by atoms with Crippen molar-refractivity contribution in [2.45, 2.75) is 6.42 Å². The van der Waals surface area contributed by atoms with E-state index >= 15 is 0 Å². The van der Waals surface area contributed by atoms with Crippen LogP contribution in [0.5, 0.6) is 11.9 Å². The summed E-state index contributed by atoms with van der Waals surface area (Å²) in [5.41, 5.74) is 0.993. The van der Waals surface area contributed by atoms with Gasteiger partial charge in [-0.15, -0.1) is 0 Å². The minimum absolute atomic E-state index is 0.334. The van der Waals surface area contributed by atoms with E-state index in [1.807, 2.05) is 14.1 Å². The molecule has 0 aliphatic rings. The number of nitrogens with zero attached hydrogens (tertiary/aromatic N) is 3. The molecule has 1 aromatic rings. The third-order valence-electron chi connectivity index (χ3n) is 2.01. The molecule has 0 saturated heterocycles. The first kappa shape index (κ1) is 11.7. The number of hydrogen-bond acceptors (Lipinski definition) is 5. The molecule has 0 fully saturated rings. The standard InChI is InChI=1S/C10H17N3O2/c1-13(2)6-5-8-7-11-10(15-4)12-9(8)14-3/h7H,5-6H2,1-4H3. The molecule has 1 heterocycles. The lowest BCUT2D eigenvalue weighted by atomic mass is 10.2. The second-order valence-corrected chi connectivity index (χ2v) is 3.44. The van der Waals surface area contributed by atoms with Gasteiger partial charge in [0, 0.05) is 18.3 Å². The first-order chi connectivity index (χ1) is 7.17. The molecule has 0 amide bonds. The van der Waals surface area contributed by atoms with Gasteiger partial charge >= 0.3 is 6.01 Å². The highest BCUT2D eigenvalue weighted by atomic mass is 16.5. The number of aromatic nitrogens is 2. The molecule has 15 heavy (non-hydrogen) atoms. The summed E-state index contributed by atoms with van der Waals surface area (Å²) in [5.74, 6) is 0.587. The molecule has 0 aliphatic heterocycles. The molecule has 0 aliphatic carbocycles. The number of methoxy groups -OCH3 is 2. The first-order valence-electron chi connectivity index (χ1n) is 4.76. The van der Waals surface area contributed by atoms with E-state index in [4.69, 9.17) is 9.47 Å². The zero-order valence-electron chi connectivity index (χ0n) is 9.65. The molecule has 84 valence electrons. The summed E-state index contributed by atoms with van der Waals surface area (Å²) in [5, 5.41) is 0. The van der Waals surface area contributed by atoms with Crippen LogP contribution in [0, 0.1) is 0 Å². The summed E-state index contributed by atoms with van der Waals surface area (Å²) in [6.07, 6.45) is 2.61. The van der Waals surface area contributed by atoms with Crippen molar-refractivity contribution in [2.24, 2.45) is 0 Å². The van der Waals surface area contributed by atoms with E-state index in [-0.39, 0.29) is 0 Å². The van der Waals surface area contributed by atoms with Gasteiger partial charge in [0.15, 0.2) is 0 Å². The van der Waals surface area contributed by atoms with Crippen LogP contribution in [0.4, 0.5) is 0 Å². The minimum atomic E-state index is 0.334. The summed E-state index contributed by atoms with van der Waals surface area (Å²) in [7, 11) is 7.18. The zero-order chi connectivity index (χ0) is 11.3. The summed E-state index contributed by atoms with van der Waals surface area (Å²) in [6.45, 7) is 0.937. The van der Waals surface area contributed by atoms with Crippen molar-refractivity contribution >= 4 is 0 Å². The lowest BCUT2D eigenvalue weighted by Crippen LogP contribution is -2.15. The maximum atomic E-state index is 5.17. The van der Waals surface area contributed by atoms with Crippen LogP contribution < -0.4 is 9.47 Å². The van der Waals surface area contributed by atoms with Gasteiger partial charge in [0.1, 0.15) is 0 Å². The number of ether oxygens (including phenoxy) is 2. The maximum Gasteiger partial charge on any atom is 0.319 e. The molecule has 0 N–H and O–H groups in total. The van der Waals surface area contributed by atoms with Crippen molar-refractivity contribution in [3.8, 4) is 11.9 Å². The van der Waals surface area contributed by atoms with Gasteiger partial charge in [0.05, 0.1) is 14.2 Å². The van der Waals surface area contributed by atoms with Crippen molar-refractivity contribution < 1.29 is 9.47 Å². The highest BCUT2D eigenvalue weighted by molar-refractivity contribution is 5.25. The lowest BCUT2D eigenvalue weighted by Gasteiger charge is -2.11. The van der Waals surface area contributed by atoms with E-state index in [0.717, 1.165) is 18.5 Å². The second-order valence-electron chi connectivity index (χ2n) is 3.44. The van der Waals surface area contributed by atoms with Gasteiger partial charge in [0.25, 0.3) is 0 Å². The molecule has 0 aromatic carbocycles. The molecular weight excluding hydrogens is 194 g/mol. The highest BCUT2D eigenvalue weighted by Crippen LogP contribution is 2.17. The minimum Gasteiger partial charge on any atom is -0.481 e. The predicted molar refractivity (Wildman–Crippen MR) is 57.4 cm³/mol. The molecule has 0 radical (unpaired) electrons. The normalized spacial score (nSPS) is 10.5. The Bertz CT molecular complexity index is 316. The third kappa shape index (κ3) is 3.36. The Labute approximate surface area is 90.0 Å². The number of hydrogen-bond donors (Lipinski definition) is 0. The van der Waals surface area contributed by atoms with Crippen LogP contribution in [0.25, 0.3) is 0 Å². The van der Waals surface area contributed by atoms with Crippen LogP contribution in [-0.2, 0) is 6.42 Å². The fourth-order valence-electron chi connectivity index (χ4n) is 1.17. The molecule has 0 atom stereocenters. The van der Waals surface area contributed by atoms with Crippen molar-refractivity contribution in [3.05, 3.63) is 11.8 Å². The van der Waals surface area contributed by atoms with Gasteiger partial charge in [-0.05, 0) is 20.5 Å². The molecule has 0 spiro atoms. The van der Waals surface area contributed by atoms with Gasteiger partial charge in [0.2, 0.25) is 5.88 Å². The zero-order valence-corrected chi connectivity index (χ0v) is 9.65. The van der Waals surface area contributed by atoms with Crippen LogP contribution in [0.15, 0.2) is 6.20 Å². The quantitative estimate of drug-likeness (QED) is 0.713. The number of rotatable bonds is 5. The SMILES string of the molecule is COc1ncc(CCN(C)C)c(OC)n1. The third-order valence-corrected chi connectivity index (χ3v) is 2.01. The molecule has 5 nitrogen and oxygen atoms in total. The molecule has 5 heteroatoms. The highest BCUT2D eigenvalue weighted by Gasteiger charge is 2.07. The van der Waals surface area contributed by atoms with E-state index in [1.54, 1.807) is 13.3 Å². The Hall–Kier alpha value is -1.36. The molecule has 0 bridgehead atoms. The summed E-state index contributed by atoms with van der Waals surface area (Å²) in [4.78, 5) is 10.3. The van der Waals surface area contributed by atoms with E-state index in [0.29, 0.717) is 11.9 Å². The summed E-state index contributed by atoms with van der Waals surface area (Å²) in [6, 6.07) is 0.334. The Kier molecular flexibility index (Phi) is 4.30. The molecule has 1 rings (SSSR count). The van der Waals surface area contributed by atoms with Crippen molar-refractivity contribution in [1.82, 2.24) is 14.9 Å². The fraction of sp³-hybridized carbons (Fsp3) is 0.600. The van der Waals surface area contributed by atoms with Crippen LogP contribution in [0.3, 0.4) is 0 Å². The van der Waals surface area contributed by atoms with E-state index in [2.05, 4.69) is 14.9 Å². The van der Waals surface area contributed by atoms with E-state index < -0.39 is 0 Å². The Balaban J connectivity index is 2.78. The Morgan fingerprint density at radius 3 is 2.53 bits per heavy atom. The van der Waals surface area contributed by atoms with E-state index in [1.165, 1.54) is 7.11 Å². The Morgan fingerprint density at radius 1 is 1.27 bits per heavy atom. The van der Waals surface area contributed by atoms with Gasteiger partial charge < -0.3 is 14.4 Å². The smallest absolute Gasteiger partial charge is 0.319 e. The Morgan fingerprint density at radius 2 is 2.00 bits per heavy atom. The van der Waals surface area contributed by atoms with E-state index in [9.17, 15) is 0 Å². The second kappa shape index (κ2) is 5.50. The van der Waals surface area contributed by atoms with Crippen LogP contribution in [-0.4, -0.2) is 49.7 Å². The lowest BCUT2D eigenvalue weighted by molar-refractivity contribution is 0.345. The largest absolute Gasteiger partial charge is 0.481 e. The monoisotopic (exact) mass is 211 g/mol. The van der Waals surface area contributed by atoms with Crippen molar-refractivity contribution in [2.75, 3.05) is 34.9 Å². The van der Waals surface area contributed by atoms with Crippen molar-refractivity contribution in [1.29, 1.82) is 0 Å². The average molecular weight is 211 g/mol. The van der Waals surface area contributed by atoms with Crippen LogP contribution in [0.2, 0.25) is 0 Å². The number of likely N-dealkylation sites (N-methyl/N-ethyl adjacent to an activating group) is 1. The fourth-order valence-corrected chi connectivity index (χ4v) is 1.17. The van der Waals surface area contributed by atoms with Crippen molar-refractivity contribution in [3.63, 3.8) is 0 Å². The van der Waals surface area contributed by atoms with Crippen LogP contribution >= 0.6 is 0 Å². The van der Waals surface area contributed by atoms with Gasteiger partial charge in [-0.1, -0.05) is 0 Å². The summed E-state index contributed by atoms with van der Waals surface area (Å²) >= 11 is 0. The first-order valence-corrected chi connectivity index (χ1v) is 4.76. The molecule has 1 aromatic heterocycles. The molecule has 0 unspecified atom stereocenters. The average Bonchev–Trinajstić information content (AvgIpc) is 2.25. The molecule has 0 saturated carbocycles.